The van der Waals surface area contributed by atoms with E-state index in [2.05, 4.69) is 0 Å². The highest BCUT2D eigenvalue weighted by molar-refractivity contribution is 6.01. The molecule has 0 atom stereocenters. The van der Waals surface area contributed by atoms with Crippen molar-refractivity contribution in [1.82, 2.24) is 0 Å². The van der Waals surface area contributed by atoms with Crippen molar-refractivity contribution in [3.05, 3.63) is 29.1 Å². The molecule has 1 aromatic rings. The monoisotopic (exact) mass is 194 g/mol. The van der Waals surface area contributed by atoms with Crippen molar-refractivity contribution in [1.29, 1.82) is 0 Å². The first-order chi connectivity index (χ1) is 6.59. The van der Waals surface area contributed by atoms with Crippen LogP contribution in [0.25, 0.3) is 0 Å². The molecule has 1 fully saturated rings. The number of hydrogen-bond donors (Lipinski definition) is 1. The van der Waals surface area contributed by atoms with Gasteiger partial charge in [-0.3, -0.25) is 4.79 Å². The number of Topliss-reactive ketones (excluding diaryl/α,β-unsaturated/α-hetero) is 1. The summed E-state index contributed by atoms with van der Waals surface area (Å²) in [5.74, 6) is -0.740. The second kappa shape index (κ2) is 3.08. The molecule has 0 aromatic heterocycles. The van der Waals surface area contributed by atoms with Crippen LogP contribution in [0.3, 0.4) is 0 Å². The average molecular weight is 194 g/mol. The molecule has 3 heteroatoms. The van der Waals surface area contributed by atoms with Crippen molar-refractivity contribution in [2.45, 2.75) is 19.8 Å². The Hall–Kier alpha value is -1.38. The molecule has 74 valence electrons. The largest absolute Gasteiger partial charge is 0.507 e. The minimum atomic E-state index is -0.477. The summed E-state index contributed by atoms with van der Waals surface area (Å²) in [6.45, 7) is 1.58. The second-order valence-corrected chi connectivity index (χ2v) is 3.76. The quantitative estimate of drug-likeness (QED) is 0.734. The number of carbonyl (C=O) groups is 1. The van der Waals surface area contributed by atoms with E-state index in [4.69, 9.17) is 0 Å². The van der Waals surface area contributed by atoms with Crippen LogP contribution in [0.1, 0.15) is 28.8 Å². The maximum Gasteiger partial charge on any atom is 0.169 e. The Bertz CT molecular complexity index is 395. The van der Waals surface area contributed by atoms with E-state index >= 15 is 0 Å². The third-order valence-electron chi connectivity index (χ3n) is 2.49. The van der Waals surface area contributed by atoms with Crippen LogP contribution in [-0.4, -0.2) is 10.9 Å². The highest BCUT2D eigenvalue weighted by Gasteiger charge is 2.32. The summed E-state index contributed by atoms with van der Waals surface area (Å²) in [6.07, 6.45) is 1.77. The maximum atomic E-state index is 13.0. The number of carbonyl (C=O) groups excluding carboxylic acids is 1. The van der Waals surface area contributed by atoms with Gasteiger partial charge in [0.1, 0.15) is 11.6 Å². The molecule has 1 aliphatic carbocycles. The van der Waals surface area contributed by atoms with Gasteiger partial charge in [0, 0.05) is 12.0 Å². The van der Waals surface area contributed by atoms with E-state index in [1.165, 1.54) is 6.07 Å². The molecule has 0 unspecified atom stereocenters. The Kier molecular flexibility index (Phi) is 2.02. The van der Waals surface area contributed by atoms with Crippen LogP contribution >= 0.6 is 0 Å². The van der Waals surface area contributed by atoms with Gasteiger partial charge in [0.2, 0.25) is 0 Å². The Morgan fingerprint density at radius 1 is 1.50 bits per heavy atom. The summed E-state index contributed by atoms with van der Waals surface area (Å²) >= 11 is 0. The summed E-state index contributed by atoms with van der Waals surface area (Å²) in [7, 11) is 0. The zero-order valence-corrected chi connectivity index (χ0v) is 7.88. The summed E-state index contributed by atoms with van der Waals surface area (Å²) in [5, 5.41) is 9.40. The highest BCUT2D eigenvalue weighted by atomic mass is 19.1. The SMILES string of the molecule is Cc1cc(C(=O)C2CC2)c(O)cc1F. The molecule has 0 spiro atoms. The van der Waals surface area contributed by atoms with Crippen LogP contribution in [0, 0.1) is 18.7 Å². The minimum absolute atomic E-state index is 0.0470. The van der Waals surface area contributed by atoms with Crippen molar-refractivity contribution in [2.75, 3.05) is 0 Å². The first-order valence-corrected chi connectivity index (χ1v) is 4.63. The van der Waals surface area contributed by atoms with Gasteiger partial charge in [0.25, 0.3) is 0 Å². The predicted molar refractivity (Wildman–Crippen MR) is 49.9 cm³/mol. The fraction of sp³-hybridized carbons (Fsp3) is 0.364. The molecule has 1 aliphatic rings. The number of benzene rings is 1. The molecule has 0 aliphatic heterocycles. The number of aromatic hydroxyl groups is 1. The fourth-order valence-corrected chi connectivity index (χ4v) is 1.43. The first-order valence-electron chi connectivity index (χ1n) is 4.63. The molecule has 2 nitrogen and oxygen atoms in total. The van der Waals surface area contributed by atoms with E-state index in [-0.39, 0.29) is 23.0 Å². The molecule has 0 radical (unpaired) electrons. The molecule has 0 bridgehead atoms. The molecule has 2 rings (SSSR count). The van der Waals surface area contributed by atoms with Crippen molar-refractivity contribution < 1.29 is 14.3 Å². The molecule has 14 heavy (non-hydrogen) atoms. The van der Waals surface area contributed by atoms with Gasteiger partial charge in [-0.05, 0) is 31.4 Å². The third-order valence-corrected chi connectivity index (χ3v) is 2.49. The lowest BCUT2D eigenvalue weighted by molar-refractivity contribution is 0.0965. The van der Waals surface area contributed by atoms with Crippen molar-refractivity contribution in [3.8, 4) is 5.75 Å². The number of aryl methyl sites for hydroxylation is 1. The van der Waals surface area contributed by atoms with Crippen LogP contribution in [0.2, 0.25) is 0 Å². The van der Waals surface area contributed by atoms with Gasteiger partial charge >= 0.3 is 0 Å². The van der Waals surface area contributed by atoms with E-state index < -0.39 is 5.82 Å². The molecule has 0 saturated heterocycles. The van der Waals surface area contributed by atoms with Crippen LogP contribution in [0.15, 0.2) is 12.1 Å². The topological polar surface area (TPSA) is 37.3 Å². The zero-order valence-electron chi connectivity index (χ0n) is 7.88. The van der Waals surface area contributed by atoms with Gasteiger partial charge in [-0.15, -0.1) is 0 Å². The van der Waals surface area contributed by atoms with Crippen LogP contribution in [0.4, 0.5) is 4.39 Å². The van der Waals surface area contributed by atoms with Gasteiger partial charge in [0.05, 0.1) is 5.56 Å². The van der Waals surface area contributed by atoms with Gasteiger partial charge < -0.3 is 5.11 Å². The summed E-state index contributed by atoms with van der Waals surface area (Å²) < 4.78 is 13.0. The minimum Gasteiger partial charge on any atom is -0.507 e. The Morgan fingerprint density at radius 2 is 2.14 bits per heavy atom. The van der Waals surface area contributed by atoms with Gasteiger partial charge in [-0.25, -0.2) is 4.39 Å². The Balaban J connectivity index is 2.41. The van der Waals surface area contributed by atoms with Crippen molar-refractivity contribution in [3.63, 3.8) is 0 Å². The van der Waals surface area contributed by atoms with E-state index in [1.807, 2.05) is 0 Å². The van der Waals surface area contributed by atoms with Crippen LogP contribution in [-0.2, 0) is 0 Å². The summed E-state index contributed by atoms with van der Waals surface area (Å²) in [6, 6.07) is 2.43. The van der Waals surface area contributed by atoms with Gasteiger partial charge in [-0.1, -0.05) is 0 Å². The molecule has 0 amide bonds. The van der Waals surface area contributed by atoms with Crippen LogP contribution < -0.4 is 0 Å². The van der Waals surface area contributed by atoms with Gasteiger partial charge in [-0.2, -0.15) is 0 Å². The lowest BCUT2D eigenvalue weighted by atomic mass is 10.0. The standard InChI is InChI=1S/C11H11FO2/c1-6-4-8(10(13)5-9(6)12)11(14)7-2-3-7/h4-5,7,13H,2-3H2,1H3. The summed E-state index contributed by atoms with van der Waals surface area (Å²) in [5.41, 5.74) is 0.651. The molecule has 1 saturated carbocycles. The molecular formula is C11H11FO2. The normalized spacial score (nSPS) is 15.6. The van der Waals surface area contributed by atoms with E-state index in [0.717, 1.165) is 18.9 Å². The predicted octanol–water partition coefficient (Wildman–Crippen LogP) is 2.43. The number of halogens is 1. The molecular weight excluding hydrogens is 183 g/mol. The van der Waals surface area contributed by atoms with Crippen LogP contribution in [0.5, 0.6) is 5.75 Å². The highest BCUT2D eigenvalue weighted by Crippen LogP contribution is 2.35. The lowest BCUT2D eigenvalue weighted by Gasteiger charge is -2.04. The van der Waals surface area contributed by atoms with E-state index in [1.54, 1.807) is 6.92 Å². The second-order valence-electron chi connectivity index (χ2n) is 3.76. The molecule has 1 N–H and O–H groups in total. The molecule has 1 aromatic carbocycles. The Labute approximate surface area is 81.4 Å². The summed E-state index contributed by atoms with van der Waals surface area (Å²) in [4.78, 5) is 11.6. The molecule has 0 heterocycles. The number of hydrogen-bond acceptors (Lipinski definition) is 2. The number of rotatable bonds is 2. The first kappa shape index (κ1) is 9.19. The van der Waals surface area contributed by atoms with Crippen molar-refractivity contribution >= 4 is 5.78 Å². The Morgan fingerprint density at radius 3 is 2.71 bits per heavy atom. The van der Waals surface area contributed by atoms with E-state index in [9.17, 15) is 14.3 Å². The van der Waals surface area contributed by atoms with E-state index in [0.29, 0.717) is 5.56 Å². The maximum absolute atomic E-state index is 13.0. The number of phenols is 1. The zero-order chi connectivity index (χ0) is 10.3. The number of ketones is 1. The lowest BCUT2D eigenvalue weighted by Crippen LogP contribution is -2.02. The smallest absolute Gasteiger partial charge is 0.169 e. The van der Waals surface area contributed by atoms with Gasteiger partial charge in [0.15, 0.2) is 5.78 Å². The number of phenolic OH excluding ortho intramolecular Hbond substituents is 1. The average Bonchev–Trinajstić information content (AvgIpc) is 2.93. The fourth-order valence-electron chi connectivity index (χ4n) is 1.43. The van der Waals surface area contributed by atoms with Crippen molar-refractivity contribution in [2.24, 2.45) is 5.92 Å². The third kappa shape index (κ3) is 1.50.